The molecule has 2 aromatic rings. The van der Waals surface area contributed by atoms with Crippen LogP contribution in [0.25, 0.3) is 11.1 Å². The van der Waals surface area contributed by atoms with Crippen molar-refractivity contribution in [2.75, 3.05) is 0 Å². The molecule has 0 unspecified atom stereocenters. The maximum Gasteiger partial charge on any atom is 0.286 e. The second-order valence-corrected chi connectivity index (χ2v) is 6.79. The van der Waals surface area contributed by atoms with E-state index < -0.39 is 21.9 Å². The van der Waals surface area contributed by atoms with Gasteiger partial charge in [0.25, 0.3) is 5.92 Å². The Labute approximate surface area is 136 Å². The Bertz CT molecular complexity index is 948. The molecule has 0 fully saturated rings. The SMILES string of the molecule is NS(=O)(=O)c1ccc(C2=CC(F)(F)C=C2c2ccc(F)nc2)cc1. The number of halogens is 3. The van der Waals surface area contributed by atoms with Gasteiger partial charge in [0.15, 0.2) is 0 Å². The van der Waals surface area contributed by atoms with Gasteiger partial charge in [0.2, 0.25) is 16.0 Å². The van der Waals surface area contributed by atoms with Crippen molar-refractivity contribution in [3.8, 4) is 0 Å². The topological polar surface area (TPSA) is 73.1 Å². The number of nitrogens with two attached hydrogens (primary N) is 1. The minimum Gasteiger partial charge on any atom is -0.228 e. The largest absolute Gasteiger partial charge is 0.286 e. The number of allylic oxidation sites excluding steroid dienone is 4. The van der Waals surface area contributed by atoms with Crippen molar-refractivity contribution in [2.45, 2.75) is 10.8 Å². The molecule has 0 saturated heterocycles. The minimum atomic E-state index is -3.87. The van der Waals surface area contributed by atoms with Gasteiger partial charge in [-0.05, 0) is 53.1 Å². The summed E-state index contributed by atoms with van der Waals surface area (Å²) in [5, 5.41) is 5.02. The minimum absolute atomic E-state index is 0.120. The fourth-order valence-corrected chi connectivity index (χ4v) is 2.93. The predicted octanol–water partition coefficient (Wildman–Crippen LogP) is 2.98. The molecule has 1 aromatic heterocycles. The Kier molecular flexibility index (Phi) is 3.81. The summed E-state index contributed by atoms with van der Waals surface area (Å²) in [6.45, 7) is 0. The van der Waals surface area contributed by atoms with Crippen molar-refractivity contribution in [3.05, 3.63) is 71.8 Å². The zero-order chi connectivity index (χ0) is 17.5. The zero-order valence-corrected chi connectivity index (χ0v) is 12.9. The highest BCUT2D eigenvalue weighted by Gasteiger charge is 2.33. The van der Waals surface area contributed by atoms with E-state index in [9.17, 15) is 21.6 Å². The highest BCUT2D eigenvalue weighted by atomic mass is 32.2. The first-order valence-electron chi connectivity index (χ1n) is 6.75. The van der Waals surface area contributed by atoms with Crippen molar-refractivity contribution in [2.24, 2.45) is 5.14 Å². The van der Waals surface area contributed by atoms with Gasteiger partial charge in [-0.25, -0.2) is 18.5 Å². The van der Waals surface area contributed by atoms with E-state index in [1.807, 2.05) is 0 Å². The Morgan fingerprint density at radius 1 is 0.917 bits per heavy atom. The highest BCUT2D eigenvalue weighted by Crippen LogP contribution is 2.42. The van der Waals surface area contributed by atoms with Crippen molar-refractivity contribution in [1.82, 2.24) is 4.98 Å². The number of sulfonamides is 1. The number of alkyl halides is 2. The molecule has 0 bridgehead atoms. The van der Waals surface area contributed by atoms with Gasteiger partial charge >= 0.3 is 0 Å². The van der Waals surface area contributed by atoms with Gasteiger partial charge in [0, 0.05) is 11.8 Å². The van der Waals surface area contributed by atoms with Gasteiger partial charge in [-0.15, -0.1) is 0 Å². The van der Waals surface area contributed by atoms with Crippen LogP contribution < -0.4 is 5.14 Å². The summed E-state index contributed by atoms with van der Waals surface area (Å²) in [6, 6.07) is 7.68. The van der Waals surface area contributed by atoms with E-state index in [2.05, 4.69) is 4.98 Å². The molecule has 0 atom stereocenters. The third-order valence-electron chi connectivity index (χ3n) is 3.50. The fraction of sp³-hybridized carbons (Fsp3) is 0.0625. The summed E-state index contributed by atoms with van der Waals surface area (Å²) in [7, 11) is -3.87. The first-order chi connectivity index (χ1) is 11.2. The number of rotatable bonds is 3. The van der Waals surface area contributed by atoms with Crippen LogP contribution in [0.1, 0.15) is 11.1 Å². The predicted molar refractivity (Wildman–Crippen MR) is 82.9 cm³/mol. The summed E-state index contributed by atoms with van der Waals surface area (Å²) in [5.41, 5.74) is 1.11. The average molecular weight is 352 g/mol. The van der Waals surface area contributed by atoms with E-state index in [0.717, 1.165) is 24.4 Å². The van der Waals surface area contributed by atoms with E-state index in [1.165, 1.54) is 30.3 Å². The number of nitrogens with zero attached hydrogens (tertiary/aromatic N) is 1. The van der Waals surface area contributed by atoms with Crippen molar-refractivity contribution in [1.29, 1.82) is 0 Å². The van der Waals surface area contributed by atoms with E-state index in [4.69, 9.17) is 5.14 Å². The molecule has 1 aromatic carbocycles. The molecule has 8 heteroatoms. The van der Waals surface area contributed by atoms with Crippen LogP contribution in [-0.4, -0.2) is 19.3 Å². The lowest BCUT2D eigenvalue weighted by atomic mass is 9.96. The quantitative estimate of drug-likeness (QED) is 0.863. The van der Waals surface area contributed by atoms with E-state index in [-0.39, 0.29) is 16.0 Å². The van der Waals surface area contributed by atoms with Crippen LogP contribution in [0.3, 0.4) is 0 Å². The van der Waals surface area contributed by atoms with Gasteiger partial charge in [0.1, 0.15) is 0 Å². The van der Waals surface area contributed by atoms with Crippen LogP contribution in [0, 0.1) is 5.95 Å². The third kappa shape index (κ3) is 3.24. The van der Waals surface area contributed by atoms with Gasteiger partial charge in [-0.3, -0.25) is 0 Å². The number of primary sulfonamides is 1. The molecule has 24 heavy (non-hydrogen) atoms. The molecule has 2 N–H and O–H groups in total. The van der Waals surface area contributed by atoms with Crippen LogP contribution in [0.2, 0.25) is 0 Å². The number of hydrogen-bond donors (Lipinski definition) is 1. The monoisotopic (exact) mass is 352 g/mol. The number of pyridine rings is 1. The summed E-state index contributed by atoms with van der Waals surface area (Å²) in [5.74, 6) is -3.88. The summed E-state index contributed by atoms with van der Waals surface area (Å²) in [6.07, 6.45) is 2.68. The molecular formula is C16H11F3N2O2S. The molecule has 3 rings (SSSR count). The normalized spacial score (nSPS) is 16.7. The van der Waals surface area contributed by atoms with Gasteiger partial charge in [0.05, 0.1) is 4.90 Å². The smallest absolute Gasteiger partial charge is 0.228 e. The first-order valence-corrected chi connectivity index (χ1v) is 8.29. The third-order valence-corrected chi connectivity index (χ3v) is 4.43. The molecule has 0 saturated carbocycles. The van der Waals surface area contributed by atoms with E-state index >= 15 is 0 Å². The number of benzene rings is 1. The lowest BCUT2D eigenvalue weighted by Gasteiger charge is -2.09. The Hall–Kier alpha value is -2.45. The second-order valence-electron chi connectivity index (χ2n) is 5.23. The zero-order valence-electron chi connectivity index (χ0n) is 12.1. The maximum absolute atomic E-state index is 13.8. The van der Waals surface area contributed by atoms with Gasteiger partial charge in [-0.1, -0.05) is 12.1 Å². The fourth-order valence-electron chi connectivity index (χ4n) is 2.42. The molecule has 1 aliphatic rings. The van der Waals surface area contributed by atoms with Gasteiger partial charge < -0.3 is 0 Å². The molecule has 0 aliphatic heterocycles. The maximum atomic E-state index is 13.8. The molecule has 0 amide bonds. The van der Waals surface area contributed by atoms with Crippen LogP contribution in [0.4, 0.5) is 13.2 Å². The molecule has 0 radical (unpaired) electrons. The average Bonchev–Trinajstić information content (AvgIpc) is 2.83. The molecule has 1 heterocycles. The van der Waals surface area contributed by atoms with Gasteiger partial charge in [-0.2, -0.15) is 13.2 Å². The van der Waals surface area contributed by atoms with Crippen LogP contribution in [-0.2, 0) is 10.0 Å². The summed E-state index contributed by atoms with van der Waals surface area (Å²) >= 11 is 0. The molecule has 124 valence electrons. The van der Waals surface area contributed by atoms with E-state index in [0.29, 0.717) is 11.1 Å². The highest BCUT2D eigenvalue weighted by molar-refractivity contribution is 7.89. The van der Waals surface area contributed by atoms with Crippen molar-refractivity contribution < 1.29 is 21.6 Å². The molecule has 4 nitrogen and oxygen atoms in total. The molecule has 0 spiro atoms. The Morgan fingerprint density at radius 2 is 1.46 bits per heavy atom. The van der Waals surface area contributed by atoms with Crippen LogP contribution in [0.5, 0.6) is 0 Å². The number of aromatic nitrogens is 1. The van der Waals surface area contributed by atoms with Crippen molar-refractivity contribution >= 4 is 21.2 Å². The molecular weight excluding hydrogens is 341 g/mol. The second kappa shape index (κ2) is 5.57. The standard InChI is InChI=1S/C16H11F3N2O2S/c17-15-6-3-11(9-21-15)14-8-16(18,19)7-13(14)10-1-4-12(5-2-10)24(20,22)23/h1-9H,(H2,20,22,23). The lowest BCUT2D eigenvalue weighted by molar-refractivity contribution is 0.115. The molecule has 1 aliphatic carbocycles. The van der Waals surface area contributed by atoms with Crippen LogP contribution in [0.15, 0.2) is 59.6 Å². The first kappa shape index (κ1) is 16.4. The Balaban J connectivity index is 2.05. The number of hydrogen-bond acceptors (Lipinski definition) is 3. The van der Waals surface area contributed by atoms with E-state index in [1.54, 1.807) is 0 Å². The van der Waals surface area contributed by atoms with Crippen LogP contribution >= 0.6 is 0 Å². The Morgan fingerprint density at radius 3 is 1.96 bits per heavy atom. The van der Waals surface area contributed by atoms with Crippen molar-refractivity contribution in [3.63, 3.8) is 0 Å². The lowest BCUT2D eigenvalue weighted by Crippen LogP contribution is -2.11. The summed E-state index contributed by atoms with van der Waals surface area (Å²) < 4.78 is 63.1. The summed E-state index contributed by atoms with van der Waals surface area (Å²) in [4.78, 5) is 3.35.